The van der Waals surface area contributed by atoms with E-state index in [1.54, 1.807) is 13.3 Å². The highest BCUT2D eigenvalue weighted by molar-refractivity contribution is 6.31. The van der Waals surface area contributed by atoms with Gasteiger partial charge in [-0.3, -0.25) is 4.68 Å². The van der Waals surface area contributed by atoms with Crippen LogP contribution in [0.4, 0.5) is 0 Å². The second kappa shape index (κ2) is 8.56. The summed E-state index contributed by atoms with van der Waals surface area (Å²) in [4.78, 5) is 0. The molecule has 19 heavy (non-hydrogen) atoms. The predicted octanol–water partition coefficient (Wildman–Crippen LogP) is 3.40. The zero-order valence-electron chi connectivity index (χ0n) is 12.2. The first kappa shape index (κ1) is 16.5. The Kier molecular flexibility index (Phi) is 7.42. The van der Waals surface area contributed by atoms with E-state index in [0.29, 0.717) is 24.1 Å². The molecule has 4 nitrogen and oxygen atoms in total. The smallest absolute Gasteiger partial charge is 0.0834 e. The van der Waals surface area contributed by atoms with Crippen LogP contribution in [0.15, 0.2) is 6.20 Å². The van der Waals surface area contributed by atoms with Crippen LogP contribution in [0, 0.1) is 5.92 Å². The van der Waals surface area contributed by atoms with Crippen LogP contribution in [0.1, 0.15) is 51.3 Å². The lowest BCUT2D eigenvalue weighted by molar-refractivity contribution is 0.181. The topological polar surface area (TPSA) is 53.1 Å². The summed E-state index contributed by atoms with van der Waals surface area (Å²) in [6.45, 7) is 5.69. The van der Waals surface area contributed by atoms with Gasteiger partial charge in [-0.15, -0.1) is 0 Å². The van der Waals surface area contributed by atoms with Gasteiger partial charge in [0.1, 0.15) is 0 Å². The quantitative estimate of drug-likeness (QED) is 0.757. The number of rotatable bonds is 9. The molecule has 0 bridgehead atoms. The maximum atomic E-state index is 6.44. The number of nitrogens with zero attached hydrogens (tertiary/aromatic N) is 2. The van der Waals surface area contributed by atoms with Crippen molar-refractivity contribution in [3.05, 3.63) is 16.9 Å². The van der Waals surface area contributed by atoms with Crippen LogP contribution in [-0.2, 0) is 11.3 Å². The minimum atomic E-state index is -0.0493. The summed E-state index contributed by atoms with van der Waals surface area (Å²) in [6.07, 6.45) is 6.22. The van der Waals surface area contributed by atoms with Gasteiger partial charge in [-0.25, -0.2) is 0 Å². The van der Waals surface area contributed by atoms with Gasteiger partial charge in [-0.1, -0.05) is 38.3 Å². The van der Waals surface area contributed by atoms with E-state index in [9.17, 15) is 0 Å². The fourth-order valence-electron chi connectivity index (χ4n) is 2.53. The van der Waals surface area contributed by atoms with E-state index in [2.05, 4.69) is 18.9 Å². The third-order valence-electron chi connectivity index (χ3n) is 3.48. The van der Waals surface area contributed by atoms with E-state index in [4.69, 9.17) is 22.1 Å². The van der Waals surface area contributed by atoms with Crippen molar-refractivity contribution in [3.63, 3.8) is 0 Å². The molecule has 1 atom stereocenters. The number of halogens is 1. The van der Waals surface area contributed by atoms with Crippen LogP contribution in [-0.4, -0.2) is 23.5 Å². The van der Waals surface area contributed by atoms with Crippen LogP contribution >= 0.6 is 11.6 Å². The van der Waals surface area contributed by atoms with Gasteiger partial charge in [-0.2, -0.15) is 5.10 Å². The first-order valence-electron chi connectivity index (χ1n) is 7.11. The average molecular weight is 288 g/mol. The molecule has 0 saturated heterocycles. The molecule has 1 aromatic heterocycles. The molecule has 1 aromatic rings. The Bertz CT molecular complexity index is 362. The lowest BCUT2D eigenvalue weighted by Crippen LogP contribution is -2.25. The third kappa shape index (κ3) is 4.48. The molecule has 0 aliphatic carbocycles. The molecule has 1 rings (SSSR count). The summed E-state index contributed by atoms with van der Waals surface area (Å²) < 4.78 is 6.98. The molecule has 0 spiro atoms. The Morgan fingerprint density at radius 3 is 2.53 bits per heavy atom. The van der Waals surface area contributed by atoms with Gasteiger partial charge in [-0.05, 0) is 18.8 Å². The number of hydrogen-bond donors (Lipinski definition) is 1. The van der Waals surface area contributed by atoms with Crippen LogP contribution < -0.4 is 5.73 Å². The molecular formula is C14H26ClN3O. The molecule has 1 unspecified atom stereocenters. The Hall–Kier alpha value is -0.580. The fraction of sp³-hybridized carbons (Fsp3) is 0.786. The summed E-state index contributed by atoms with van der Waals surface area (Å²) in [7, 11) is 1.68. The van der Waals surface area contributed by atoms with Gasteiger partial charge in [0.15, 0.2) is 0 Å². The largest absolute Gasteiger partial charge is 0.383 e. The summed E-state index contributed by atoms with van der Waals surface area (Å²) in [5, 5.41) is 4.97. The molecule has 0 amide bonds. The van der Waals surface area contributed by atoms with Crippen molar-refractivity contribution in [1.29, 1.82) is 0 Å². The van der Waals surface area contributed by atoms with E-state index < -0.39 is 0 Å². The summed E-state index contributed by atoms with van der Waals surface area (Å²) >= 11 is 6.26. The molecule has 0 saturated carbocycles. The van der Waals surface area contributed by atoms with E-state index >= 15 is 0 Å². The highest BCUT2D eigenvalue weighted by atomic mass is 35.5. The second-order valence-corrected chi connectivity index (χ2v) is 5.36. The number of methoxy groups -OCH3 is 1. The van der Waals surface area contributed by atoms with Crippen molar-refractivity contribution in [2.24, 2.45) is 11.7 Å². The lowest BCUT2D eigenvalue weighted by atomic mass is 9.89. The van der Waals surface area contributed by atoms with Crippen LogP contribution in [0.25, 0.3) is 0 Å². The number of aromatic nitrogens is 2. The molecule has 0 aliphatic heterocycles. The van der Waals surface area contributed by atoms with Gasteiger partial charge in [0.2, 0.25) is 0 Å². The maximum absolute atomic E-state index is 6.44. The highest BCUT2D eigenvalue weighted by Crippen LogP contribution is 2.31. The van der Waals surface area contributed by atoms with Gasteiger partial charge < -0.3 is 10.5 Å². The monoisotopic (exact) mass is 287 g/mol. The Balaban J connectivity index is 2.88. The first-order valence-corrected chi connectivity index (χ1v) is 7.49. The molecule has 0 aromatic carbocycles. The Labute approximate surface area is 121 Å². The zero-order chi connectivity index (χ0) is 14.3. The van der Waals surface area contributed by atoms with Gasteiger partial charge in [0.05, 0.1) is 36.1 Å². The minimum absolute atomic E-state index is 0.0493. The minimum Gasteiger partial charge on any atom is -0.383 e. The van der Waals surface area contributed by atoms with E-state index in [1.165, 1.54) is 0 Å². The second-order valence-electron chi connectivity index (χ2n) is 4.96. The normalized spacial score (nSPS) is 13.2. The number of nitrogens with two attached hydrogens (primary N) is 1. The molecule has 1 heterocycles. The maximum Gasteiger partial charge on any atom is 0.0834 e. The van der Waals surface area contributed by atoms with Crippen LogP contribution in [0.2, 0.25) is 5.02 Å². The standard InChI is InChI=1S/C14H26ClN3O/c1-4-6-11(7-5-2)13(16)14-12(15)10-17-18(14)8-9-19-3/h10-11,13H,4-9,16H2,1-3H3. The van der Waals surface area contributed by atoms with Crippen molar-refractivity contribution in [2.45, 2.75) is 52.1 Å². The summed E-state index contributed by atoms with van der Waals surface area (Å²) in [5.41, 5.74) is 7.39. The first-order chi connectivity index (χ1) is 9.15. The van der Waals surface area contributed by atoms with Gasteiger partial charge in [0.25, 0.3) is 0 Å². The van der Waals surface area contributed by atoms with Crippen molar-refractivity contribution in [3.8, 4) is 0 Å². The van der Waals surface area contributed by atoms with E-state index in [1.807, 2.05) is 4.68 Å². The molecule has 2 N–H and O–H groups in total. The molecule has 0 radical (unpaired) electrons. The predicted molar refractivity (Wildman–Crippen MR) is 79.3 cm³/mol. The summed E-state index contributed by atoms with van der Waals surface area (Å²) in [5.74, 6) is 0.463. The highest BCUT2D eigenvalue weighted by Gasteiger charge is 2.24. The molecule has 110 valence electrons. The average Bonchev–Trinajstić information content (AvgIpc) is 2.76. The molecular weight excluding hydrogens is 262 g/mol. The van der Waals surface area contributed by atoms with Crippen LogP contribution in [0.3, 0.4) is 0 Å². The SMILES string of the molecule is CCCC(CCC)C(N)c1c(Cl)cnn1CCOC. The van der Waals surface area contributed by atoms with Crippen molar-refractivity contribution in [1.82, 2.24) is 9.78 Å². The molecule has 5 heteroatoms. The number of ether oxygens (including phenoxy) is 1. The number of hydrogen-bond acceptors (Lipinski definition) is 3. The third-order valence-corrected chi connectivity index (χ3v) is 3.77. The van der Waals surface area contributed by atoms with Crippen molar-refractivity contribution < 1.29 is 4.74 Å². The van der Waals surface area contributed by atoms with Crippen molar-refractivity contribution >= 4 is 11.6 Å². The summed E-state index contributed by atoms with van der Waals surface area (Å²) in [6, 6.07) is -0.0493. The molecule has 0 fully saturated rings. The van der Waals surface area contributed by atoms with Gasteiger partial charge in [0, 0.05) is 7.11 Å². The van der Waals surface area contributed by atoms with Crippen LogP contribution in [0.5, 0.6) is 0 Å². The Morgan fingerprint density at radius 1 is 1.37 bits per heavy atom. The van der Waals surface area contributed by atoms with Crippen molar-refractivity contribution in [2.75, 3.05) is 13.7 Å². The zero-order valence-corrected chi connectivity index (χ0v) is 13.0. The van der Waals surface area contributed by atoms with Gasteiger partial charge >= 0.3 is 0 Å². The fourth-order valence-corrected chi connectivity index (χ4v) is 2.79. The molecule has 0 aliphatic rings. The Morgan fingerprint density at radius 2 is 2.00 bits per heavy atom. The van der Waals surface area contributed by atoms with E-state index in [0.717, 1.165) is 31.4 Å². The van der Waals surface area contributed by atoms with E-state index in [-0.39, 0.29) is 6.04 Å². The lowest BCUT2D eigenvalue weighted by Gasteiger charge is -2.24.